The van der Waals surface area contributed by atoms with Crippen LogP contribution in [0, 0.1) is 5.82 Å². The van der Waals surface area contributed by atoms with Crippen molar-refractivity contribution in [3.05, 3.63) is 86.8 Å². The molecule has 0 bridgehead atoms. The predicted molar refractivity (Wildman–Crippen MR) is 141 cm³/mol. The van der Waals surface area contributed by atoms with Gasteiger partial charge in [-0.2, -0.15) is 0 Å². The molecule has 37 heavy (non-hydrogen) atoms. The Morgan fingerprint density at radius 3 is 2.84 bits per heavy atom. The second kappa shape index (κ2) is 11.6. The monoisotopic (exact) mass is 542 g/mol. The SMILES string of the molecule is O=C(c1cccc(Cl)c1)N(CC(=O)N1CCc2sccc2[C@@H]1COc1cccc(F)c1)C[C@H]1CCCO1. The lowest BCUT2D eigenvalue weighted by atomic mass is 10.00. The van der Waals surface area contributed by atoms with Gasteiger partial charge in [0.25, 0.3) is 5.91 Å². The molecule has 3 heterocycles. The van der Waals surface area contributed by atoms with Crippen LogP contribution in [-0.4, -0.2) is 60.6 Å². The number of halogens is 2. The van der Waals surface area contributed by atoms with E-state index in [-0.39, 0.29) is 42.9 Å². The van der Waals surface area contributed by atoms with E-state index in [0.717, 1.165) is 24.8 Å². The van der Waals surface area contributed by atoms with Gasteiger partial charge >= 0.3 is 0 Å². The molecule has 0 radical (unpaired) electrons. The van der Waals surface area contributed by atoms with Crippen molar-refractivity contribution in [1.29, 1.82) is 0 Å². The standard InChI is InChI=1S/C28H28ClFN2O4S/c29-20-5-1-4-19(14-20)28(34)31(16-23-8-3-12-35-23)17-27(33)32-11-9-26-24(10-13-37-26)25(32)18-36-22-7-2-6-21(30)15-22/h1-2,4-7,10,13-15,23,25H,3,8-9,11-12,16-18H2/t23-,25+/m1/s1. The first-order valence-electron chi connectivity index (χ1n) is 12.4. The first-order valence-corrected chi connectivity index (χ1v) is 13.6. The summed E-state index contributed by atoms with van der Waals surface area (Å²) in [4.78, 5) is 31.8. The summed E-state index contributed by atoms with van der Waals surface area (Å²) in [6.45, 7) is 1.61. The summed E-state index contributed by atoms with van der Waals surface area (Å²) in [5.41, 5.74) is 1.47. The Hall–Kier alpha value is -2.94. The Bertz CT molecular complexity index is 1260. The number of fused-ring (bicyclic) bond motifs is 1. The summed E-state index contributed by atoms with van der Waals surface area (Å²) in [6, 6.07) is 14.4. The van der Waals surface area contributed by atoms with Gasteiger partial charge in [-0.05, 0) is 66.6 Å². The zero-order chi connectivity index (χ0) is 25.8. The molecule has 2 atom stereocenters. The molecule has 0 N–H and O–H groups in total. The maximum Gasteiger partial charge on any atom is 0.254 e. The van der Waals surface area contributed by atoms with Crippen LogP contribution in [0.4, 0.5) is 4.39 Å². The molecule has 6 nitrogen and oxygen atoms in total. The van der Waals surface area contributed by atoms with Gasteiger partial charge in [0.1, 0.15) is 24.7 Å². The Morgan fingerprint density at radius 1 is 1.19 bits per heavy atom. The van der Waals surface area contributed by atoms with Gasteiger partial charge in [-0.1, -0.05) is 23.7 Å². The maximum absolute atomic E-state index is 13.7. The van der Waals surface area contributed by atoms with Gasteiger partial charge in [-0.3, -0.25) is 9.59 Å². The van der Waals surface area contributed by atoms with E-state index in [9.17, 15) is 14.0 Å². The van der Waals surface area contributed by atoms with Crippen LogP contribution >= 0.6 is 22.9 Å². The molecule has 0 aliphatic carbocycles. The van der Waals surface area contributed by atoms with Crippen LogP contribution in [0.2, 0.25) is 5.02 Å². The Labute approximate surface area is 224 Å². The first-order chi connectivity index (χ1) is 18.0. The lowest BCUT2D eigenvalue weighted by molar-refractivity contribution is -0.135. The van der Waals surface area contributed by atoms with E-state index in [1.165, 1.54) is 17.0 Å². The zero-order valence-corrected chi connectivity index (χ0v) is 21.8. The van der Waals surface area contributed by atoms with Crippen LogP contribution in [0.3, 0.4) is 0 Å². The molecule has 3 aromatic rings. The number of nitrogens with zero attached hydrogens (tertiary/aromatic N) is 2. The van der Waals surface area contributed by atoms with Crippen molar-refractivity contribution < 1.29 is 23.5 Å². The Morgan fingerprint density at radius 2 is 2.05 bits per heavy atom. The quantitative estimate of drug-likeness (QED) is 0.384. The number of carbonyl (C=O) groups excluding carboxylic acids is 2. The Kier molecular flexibility index (Phi) is 8.08. The van der Waals surface area contributed by atoms with Crippen LogP contribution in [-0.2, 0) is 16.0 Å². The number of ether oxygens (including phenoxy) is 2. The van der Waals surface area contributed by atoms with Crippen molar-refractivity contribution in [1.82, 2.24) is 9.80 Å². The van der Waals surface area contributed by atoms with E-state index in [1.54, 1.807) is 57.5 Å². The molecule has 194 valence electrons. The van der Waals surface area contributed by atoms with Crippen molar-refractivity contribution in [3.63, 3.8) is 0 Å². The summed E-state index contributed by atoms with van der Waals surface area (Å²) in [5, 5.41) is 2.48. The number of thiophene rings is 1. The van der Waals surface area contributed by atoms with Crippen molar-refractivity contribution in [3.8, 4) is 5.75 Å². The maximum atomic E-state index is 13.7. The molecule has 2 aliphatic heterocycles. The van der Waals surface area contributed by atoms with Crippen LogP contribution in [0.25, 0.3) is 0 Å². The first kappa shape index (κ1) is 25.7. The summed E-state index contributed by atoms with van der Waals surface area (Å²) in [5.74, 6) is -0.397. The molecule has 2 aromatic carbocycles. The number of carbonyl (C=O) groups is 2. The minimum absolute atomic E-state index is 0.0822. The molecular formula is C28H28ClFN2O4S. The van der Waals surface area contributed by atoms with Crippen LogP contribution < -0.4 is 4.74 Å². The summed E-state index contributed by atoms with van der Waals surface area (Å²) >= 11 is 7.79. The summed E-state index contributed by atoms with van der Waals surface area (Å²) < 4.78 is 25.4. The summed E-state index contributed by atoms with van der Waals surface area (Å²) in [7, 11) is 0. The largest absolute Gasteiger partial charge is 0.491 e. The van der Waals surface area contributed by atoms with E-state index in [1.807, 2.05) is 11.4 Å². The third kappa shape index (κ3) is 6.14. The highest BCUT2D eigenvalue weighted by Gasteiger charge is 2.34. The number of hydrogen-bond donors (Lipinski definition) is 0. The fourth-order valence-electron chi connectivity index (χ4n) is 4.92. The van der Waals surface area contributed by atoms with Crippen LogP contribution in [0.15, 0.2) is 60.0 Å². The lowest BCUT2D eigenvalue weighted by Gasteiger charge is -2.37. The normalized spacial score (nSPS) is 18.9. The topological polar surface area (TPSA) is 59.1 Å². The molecule has 2 amide bonds. The van der Waals surface area contributed by atoms with Gasteiger partial charge in [0.05, 0.1) is 12.1 Å². The fraction of sp³-hybridized carbons (Fsp3) is 0.357. The number of rotatable bonds is 8. The van der Waals surface area contributed by atoms with Gasteiger partial charge in [0.2, 0.25) is 5.91 Å². The molecule has 0 saturated carbocycles. The molecule has 9 heteroatoms. The van der Waals surface area contributed by atoms with Crippen molar-refractivity contribution in [2.24, 2.45) is 0 Å². The lowest BCUT2D eigenvalue weighted by Crippen LogP contribution is -2.49. The highest BCUT2D eigenvalue weighted by atomic mass is 35.5. The number of hydrogen-bond acceptors (Lipinski definition) is 5. The van der Waals surface area contributed by atoms with E-state index in [2.05, 4.69) is 0 Å². The van der Waals surface area contributed by atoms with E-state index in [0.29, 0.717) is 36.0 Å². The Balaban J connectivity index is 1.36. The van der Waals surface area contributed by atoms with Crippen molar-refractivity contribution in [2.75, 3.05) is 32.8 Å². The summed E-state index contributed by atoms with van der Waals surface area (Å²) in [6.07, 6.45) is 2.42. The fourth-order valence-corrected chi connectivity index (χ4v) is 6.04. The van der Waals surface area contributed by atoms with Crippen molar-refractivity contribution >= 4 is 34.8 Å². The molecule has 2 aliphatic rings. The highest BCUT2D eigenvalue weighted by molar-refractivity contribution is 7.10. The van der Waals surface area contributed by atoms with E-state index < -0.39 is 0 Å². The van der Waals surface area contributed by atoms with Gasteiger partial charge in [-0.15, -0.1) is 11.3 Å². The van der Waals surface area contributed by atoms with Gasteiger partial charge in [-0.25, -0.2) is 4.39 Å². The molecule has 1 fully saturated rings. The molecular weight excluding hydrogens is 515 g/mol. The van der Waals surface area contributed by atoms with Crippen LogP contribution in [0.5, 0.6) is 5.75 Å². The number of benzene rings is 2. The van der Waals surface area contributed by atoms with E-state index in [4.69, 9.17) is 21.1 Å². The number of amides is 2. The minimum Gasteiger partial charge on any atom is -0.491 e. The minimum atomic E-state index is -0.380. The molecule has 0 unspecified atom stereocenters. The third-order valence-corrected chi connectivity index (χ3v) is 7.98. The second-order valence-electron chi connectivity index (χ2n) is 9.25. The smallest absolute Gasteiger partial charge is 0.254 e. The van der Waals surface area contributed by atoms with E-state index >= 15 is 0 Å². The van der Waals surface area contributed by atoms with Gasteiger partial charge in [0.15, 0.2) is 0 Å². The molecule has 0 spiro atoms. The zero-order valence-electron chi connectivity index (χ0n) is 20.3. The highest BCUT2D eigenvalue weighted by Crippen LogP contribution is 2.34. The third-order valence-electron chi connectivity index (χ3n) is 6.75. The molecule has 1 aromatic heterocycles. The second-order valence-corrected chi connectivity index (χ2v) is 10.7. The van der Waals surface area contributed by atoms with Gasteiger partial charge < -0.3 is 19.3 Å². The average molecular weight is 543 g/mol. The average Bonchev–Trinajstić information content (AvgIpc) is 3.58. The molecule has 1 saturated heterocycles. The van der Waals surface area contributed by atoms with Crippen molar-refractivity contribution in [2.45, 2.75) is 31.4 Å². The van der Waals surface area contributed by atoms with Crippen LogP contribution in [0.1, 0.15) is 39.7 Å². The van der Waals surface area contributed by atoms with Gasteiger partial charge in [0, 0.05) is 41.2 Å². The molecule has 5 rings (SSSR count). The predicted octanol–water partition coefficient (Wildman–Crippen LogP) is 5.37.